The molecule has 2 saturated carbocycles. The maximum atomic E-state index is 14.6. The number of carboxylic acid groups (broad SMARTS) is 1. The normalized spacial score (nSPS) is 22.7. The minimum atomic E-state index is -1.04. The number of rotatable bonds is 11. The van der Waals surface area contributed by atoms with Crippen LogP contribution in [0.2, 0.25) is 0 Å². The topological polar surface area (TPSA) is 162 Å². The molecular formula is C33H53N4O7Y-. The Balaban J connectivity index is 0.00000736. The summed E-state index contributed by atoms with van der Waals surface area (Å²) in [5.41, 5.74) is -1.14. The van der Waals surface area contributed by atoms with Gasteiger partial charge in [0.15, 0.2) is 5.78 Å². The van der Waals surface area contributed by atoms with Crippen molar-refractivity contribution in [3.05, 3.63) is 5.92 Å². The summed E-state index contributed by atoms with van der Waals surface area (Å²) in [7, 11) is 0. The van der Waals surface area contributed by atoms with Crippen LogP contribution in [0.3, 0.4) is 0 Å². The summed E-state index contributed by atoms with van der Waals surface area (Å²) in [5, 5.41) is 12.3. The van der Waals surface area contributed by atoms with Crippen molar-refractivity contribution >= 4 is 35.4 Å². The third-order valence-corrected chi connectivity index (χ3v) is 10.0. The molecule has 0 aromatic carbocycles. The first-order valence-electron chi connectivity index (χ1n) is 16.8. The molecule has 1 radical (unpaired) electrons. The maximum absolute atomic E-state index is 14.6. The Kier molecular flexibility index (Phi) is 14.0. The van der Waals surface area contributed by atoms with Gasteiger partial charge in [-0.15, -0.1) is 5.41 Å². The van der Waals surface area contributed by atoms with E-state index in [0.717, 1.165) is 57.3 Å². The van der Waals surface area contributed by atoms with Crippen LogP contribution >= 0.6 is 0 Å². The van der Waals surface area contributed by atoms with Gasteiger partial charge in [-0.05, 0) is 43.2 Å². The molecule has 1 saturated heterocycles. The Morgan fingerprint density at radius 2 is 1.58 bits per heavy atom. The van der Waals surface area contributed by atoms with Crippen molar-refractivity contribution in [2.45, 2.75) is 143 Å². The molecule has 45 heavy (non-hydrogen) atoms. The van der Waals surface area contributed by atoms with Crippen LogP contribution < -0.4 is 16.0 Å². The van der Waals surface area contributed by atoms with Crippen molar-refractivity contribution in [1.82, 2.24) is 20.9 Å². The van der Waals surface area contributed by atoms with E-state index in [-0.39, 0.29) is 44.0 Å². The second-order valence-electron chi connectivity index (χ2n) is 14.3. The summed E-state index contributed by atoms with van der Waals surface area (Å²) in [6, 6.07) is -3.98. The van der Waals surface area contributed by atoms with Gasteiger partial charge in [-0.2, -0.15) is 6.92 Å². The van der Waals surface area contributed by atoms with Crippen LogP contribution in [-0.2, 0) is 56.7 Å². The van der Waals surface area contributed by atoms with Crippen molar-refractivity contribution < 1.29 is 66.6 Å². The van der Waals surface area contributed by atoms with Crippen molar-refractivity contribution in [3.63, 3.8) is 0 Å². The molecule has 1 heterocycles. The van der Waals surface area contributed by atoms with Crippen LogP contribution in [0.4, 0.5) is 4.79 Å². The number of hydrogen-bond acceptors (Lipinski definition) is 7. The average Bonchev–Trinajstić information content (AvgIpc) is 3.28. The van der Waals surface area contributed by atoms with Crippen LogP contribution in [0.5, 0.6) is 0 Å². The van der Waals surface area contributed by atoms with Gasteiger partial charge in [0.2, 0.25) is 23.5 Å². The van der Waals surface area contributed by atoms with E-state index in [9.17, 15) is 28.8 Å². The van der Waals surface area contributed by atoms with Crippen LogP contribution in [0.15, 0.2) is 0 Å². The van der Waals surface area contributed by atoms with E-state index in [1.54, 1.807) is 4.90 Å². The Hall–Kier alpha value is -1.88. The molecule has 12 heteroatoms. The number of hydrogen-bond donors (Lipinski definition) is 4. The molecule has 1 spiro atoms. The minimum absolute atomic E-state index is 0. The SMILES string of the molecule is [3H]OC(=O)N[C@H](C(=O)N[C@H](C(=O)N1CC2(CCCCC2)[C-](C)[C@H]1C(=O)N[C@@H](CCC)C(=O)C(C)=O)C(C)(C)C)C1CCCCC1.[Y]. The van der Waals surface area contributed by atoms with Crippen molar-refractivity contribution in [3.8, 4) is 0 Å². The molecule has 4 N–H and O–H groups in total. The van der Waals surface area contributed by atoms with Crippen LogP contribution in [0.25, 0.3) is 1.43 Å². The second-order valence-corrected chi connectivity index (χ2v) is 14.3. The first-order chi connectivity index (χ1) is 21.2. The number of carbonyl (C=O) groups is 6. The van der Waals surface area contributed by atoms with E-state index in [4.69, 9.17) is 1.43 Å². The van der Waals surface area contributed by atoms with E-state index in [0.29, 0.717) is 32.2 Å². The number of nitrogens with zero attached hydrogens (tertiary/aromatic N) is 1. The quantitative estimate of drug-likeness (QED) is 0.187. The van der Waals surface area contributed by atoms with Gasteiger partial charge in [-0.25, -0.2) is 4.79 Å². The Bertz CT molecular complexity index is 1120. The summed E-state index contributed by atoms with van der Waals surface area (Å²) in [4.78, 5) is 80.7. The van der Waals surface area contributed by atoms with E-state index in [1.165, 1.54) is 6.92 Å². The first-order valence-corrected chi connectivity index (χ1v) is 16.4. The molecule has 3 aliphatic rings. The zero-order chi connectivity index (χ0) is 33.5. The van der Waals surface area contributed by atoms with Crippen LogP contribution in [-0.4, -0.2) is 76.1 Å². The van der Waals surface area contributed by atoms with E-state index in [2.05, 4.69) is 21.1 Å². The Labute approximate surface area is 294 Å². The van der Waals surface area contributed by atoms with Gasteiger partial charge in [0.25, 0.3) is 1.43 Å². The van der Waals surface area contributed by atoms with Crippen molar-refractivity contribution in [2.75, 3.05) is 6.54 Å². The fourth-order valence-electron chi connectivity index (χ4n) is 7.48. The van der Waals surface area contributed by atoms with Crippen LogP contribution in [0, 0.1) is 22.7 Å². The second kappa shape index (κ2) is 16.8. The van der Waals surface area contributed by atoms with E-state index < -0.39 is 65.0 Å². The van der Waals surface area contributed by atoms with Crippen LogP contribution in [0.1, 0.15) is 119 Å². The molecule has 11 nitrogen and oxygen atoms in total. The molecule has 1 aliphatic heterocycles. The summed E-state index contributed by atoms with van der Waals surface area (Å²) in [5.74, 6) is -2.08. The summed E-state index contributed by atoms with van der Waals surface area (Å²) < 4.78 is 6.99. The van der Waals surface area contributed by atoms with E-state index in [1.807, 2.05) is 34.6 Å². The number of amides is 4. The summed E-state index contributed by atoms with van der Waals surface area (Å²) >= 11 is 0. The smallest absolute Gasteiger partial charge is 0.405 e. The number of Topliss-reactive ketones (excluding diaryl/α,β-unsaturated/α-hetero) is 2. The molecule has 0 bridgehead atoms. The number of nitrogens with one attached hydrogen (secondary N) is 3. The zero-order valence-electron chi connectivity index (χ0n) is 29.0. The molecule has 2 aliphatic carbocycles. The van der Waals surface area contributed by atoms with Gasteiger partial charge in [0.05, 0.1) is 6.04 Å². The van der Waals surface area contributed by atoms with Gasteiger partial charge in [-0.1, -0.05) is 85.5 Å². The Morgan fingerprint density at radius 3 is 2.11 bits per heavy atom. The molecule has 4 atom stereocenters. The molecule has 4 amide bonds. The fourth-order valence-corrected chi connectivity index (χ4v) is 7.48. The number of carbonyl (C=O) groups excluding carboxylic acids is 5. The van der Waals surface area contributed by atoms with Gasteiger partial charge >= 0.3 is 6.09 Å². The van der Waals surface area contributed by atoms with Gasteiger partial charge in [0.1, 0.15) is 12.1 Å². The predicted octanol–water partition coefficient (Wildman–Crippen LogP) is 3.93. The predicted molar refractivity (Wildman–Crippen MR) is 165 cm³/mol. The third-order valence-electron chi connectivity index (χ3n) is 10.0. The third kappa shape index (κ3) is 9.58. The standard InChI is InChI=1S/C33H53N4O7.Y/c1-7-14-23(26(39)21(3)38)34-29(41)25-20(2)33(17-12-9-13-18-33)19-37(25)30(42)27(32(4,5)6)36-28(40)24(35-31(43)44)22-15-10-8-11-16-22;/h22-25,27,35H,7-19H2,1-6H3,(H,34,41)(H,36,40)(H,43,44);/q-1;/t23-,24-,25-,27+;/m0./s1/i/hT. The zero-order valence-corrected chi connectivity index (χ0v) is 30.8. The minimum Gasteiger partial charge on any atom is -0.465 e. The molecule has 0 unspecified atom stereocenters. The van der Waals surface area contributed by atoms with Crippen molar-refractivity contribution in [1.29, 1.82) is 1.43 Å². The molecular weight excluding hydrogens is 653 g/mol. The van der Waals surface area contributed by atoms with Crippen molar-refractivity contribution in [2.24, 2.45) is 16.7 Å². The van der Waals surface area contributed by atoms with Gasteiger partial charge in [-0.3, -0.25) is 29.9 Å². The molecule has 3 rings (SSSR count). The summed E-state index contributed by atoms with van der Waals surface area (Å²) in [6.07, 6.45) is 8.76. The Morgan fingerprint density at radius 1 is 0.978 bits per heavy atom. The first kappa shape index (κ1) is 37.6. The molecule has 0 aromatic heterocycles. The molecule has 0 aromatic rings. The van der Waals surface area contributed by atoms with Gasteiger partial charge < -0.3 is 26.0 Å². The summed E-state index contributed by atoms with van der Waals surface area (Å²) in [6.45, 7) is 10.8. The average molecular weight is 709 g/mol. The number of ketones is 2. The number of likely N-dealkylation sites (tertiary alicyclic amines) is 1. The van der Waals surface area contributed by atoms with Gasteiger partial charge in [0, 0.05) is 39.6 Å². The monoisotopic (exact) mass is 708 g/mol. The maximum Gasteiger partial charge on any atom is 0.405 e. The van der Waals surface area contributed by atoms with E-state index >= 15 is 0 Å². The largest absolute Gasteiger partial charge is 0.465 e. The molecule has 251 valence electrons. The molecule has 3 fully saturated rings. The fraction of sp³-hybridized carbons (Fsp3) is 0.788.